The number of hydrogen-bond donors (Lipinski definition) is 0. The van der Waals surface area contributed by atoms with Gasteiger partial charge in [0.1, 0.15) is 11.4 Å². The van der Waals surface area contributed by atoms with E-state index in [2.05, 4.69) is 0 Å². The molecular formula is C24H20F3N3O6. The van der Waals surface area contributed by atoms with Gasteiger partial charge in [-0.05, 0) is 63.6 Å². The number of rotatable bonds is 4. The van der Waals surface area contributed by atoms with Gasteiger partial charge >= 0.3 is 18.4 Å². The Labute approximate surface area is 203 Å². The van der Waals surface area contributed by atoms with E-state index in [1.807, 2.05) is 0 Å². The zero-order chi connectivity index (χ0) is 27.1. The Kier molecular flexibility index (Phi) is 6.55. The van der Waals surface area contributed by atoms with Crippen LogP contribution in [0.4, 0.5) is 28.4 Å². The molecule has 1 saturated heterocycles. The van der Waals surface area contributed by atoms with Crippen molar-refractivity contribution in [3.8, 4) is 11.8 Å². The summed E-state index contributed by atoms with van der Waals surface area (Å²) in [7, 11) is 0. The molecule has 0 radical (unpaired) electrons. The quantitative estimate of drug-likeness (QED) is 0.256. The minimum absolute atomic E-state index is 0.0461. The minimum Gasteiger partial charge on any atom is -0.428 e. The van der Waals surface area contributed by atoms with E-state index in [4.69, 9.17) is 14.7 Å². The van der Waals surface area contributed by atoms with Crippen LogP contribution in [0.5, 0.6) is 5.75 Å². The number of amides is 4. The predicted octanol–water partition coefficient (Wildman–Crippen LogP) is 4.73. The Morgan fingerprint density at radius 1 is 1.08 bits per heavy atom. The van der Waals surface area contributed by atoms with Crippen LogP contribution in [-0.2, 0) is 26.0 Å². The number of nitrogens with zero attached hydrogens (tertiary/aromatic N) is 3. The van der Waals surface area contributed by atoms with E-state index in [0.29, 0.717) is 15.9 Å². The van der Waals surface area contributed by atoms with Crippen LogP contribution in [0.1, 0.15) is 44.4 Å². The average molecular weight is 503 g/mol. The van der Waals surface area contributed by atoms with Gasteiger partial charge in [0.2, 0.25) is 6.41 Å². The van der Waals surface area contributed by atoms with E-state index in [0.717, 1.165) is 12.1 Å². The van der Waals surface area contributed by atoms with E-state index >= 15 is 0 Å². The fourth-order valence-electron chi connectivity index (χ4n) is 3.57. The van der Waals surface area contributed by atoms with E-state index in [1.54, 1.807) is 20.8 Å². The van der Waals surface area contributed by atoms with Gasteiger partial charge in [-0.2, -0.15) is 18.4 Å². The van der Waals surface area contributed by atoms with Crippen LogP contribution in [0, 0.1) is 11.3 Å². The first-order chi connectivity index (χ1) is 16.6. The van der Waals surface area contributed by atoms with Crippen LogP contribution in [0.15, 0.2) is 42.5 Å². The van der Waals surface area contributed by atoms with Gasteiger partial charge in [0.05, 0.1) is 22.9 Å². The molecule has 0 bridgehead atoms. The Balaban J connectivity index is 1.98. The Morgan fingerprint density at radius 3 is 2.19 bits per heavy atom. The molecule has 0 spiro atoms. The maximum atomic E-state index is 13.4. The lowest BCUT2D eigenvalue weighted by molar-refractivity contribution is -0.137. The third-order valence-corrected chi connectivity index (χ3v) is 5.30. The zero-order valence-electron chi connectivity index (χ0n) is 19.5. The highest BCUT2D eigenvalue weighted by molar-refractivity contribution is 6.25. The van der Waals surface area contributed by atoms with E-state index in [9.17, 15) is 32.3 Å². The molecule has 188 valence electrons. The second-order valence-electron chi connectivity index (χ2n) is 8.90. The van der Waals surface area contributed by atoms with Crippen LogP contribution in [0.25, 0.3) is 0 Å². The van der Waals surface area contributed by atoms with Gasteiger partial charge in [-0.15, -0.1) is 0 Å². The van der Waals surface area contributed by atoms with Crippen molar-refractivity contribution in [1.29, 1.82) is 5.26 Å². The van der Waals surface area contributed by atoms with Crippen LogP contribution >= 0.6 is 0 Å². The molecule has 0 saturated carbocycles. The molecule has 1 fully saturated rings. The highest BCUT2D eigenvalue weighted by atomic mass is 19.4. The number of carbonyl (C=O) groups is 4. The number of benzene rings is 2. The maximum Gasteiger partial charge on any atom is 0.514 e. The van der Waals surface area contributed by atoms with Crippen molar-refractivity contribution in [2.24, 2.45) is 0 Å². The largest absolute Gasteiger partial charge is 0.514 e. The van der Waals surface area contributed by atoms with Crippen molar-refractivity contribution in [1.82, 2.24) is 4.90 Å². The summed E-state index contributed by atoms with van der Waals surface area (Å²) in [5.41, 5.74) is -5.09. The van der Waals surface area contributed by atoms with E-state index < -0.39 is 52.2 Å². The lowest BCUT2D eigenvalue weighted by Crippen LogP contribution is -2.43. The molecule has 1 unspecified atom stereocenters. The number of nitriles is 1. The fourth-order valence-corrected chi connectivity index (χ4v) is 3.57. The predicted molar refractivity (Wildman–Crippen MR) is 118 cm³/mol. The van der Waals surface area contributed by atoms with Crippen LogP contribution in [-0.4, -0.2) is 35.0 Å². The third-order valence-electron chi connectivity index (χ3n) is 5.30. The van der Waals surface area contributed by atoms with Crippen molar-refractivity contribution in [2.75, 3.05) is 4.90 Å². The monoisotopic (exact) mass is 503 g/mol. The summed E-state index contributed by atoms with van der Waals surface area (Å²) in [6, 6.07) is 7.84. The standard InChI is InChI=1S/C24H20F3N3O6/c1-22(2,3)36-21(34)35-17-9-6-15(7-10-17)23(4)19(32)30(20(33)29(23)13-31)16-8-5-14(12-28)18(11-16)24(25,26)27/h5-11,13H,1-4H3. The molecule has 12 heteroatoms. The van der Waals surface area contributed by atoms with Gasteiger partial charge in [-0.3, -0.25) is 9.59 Å². The number of urea groups is 1. The SMILES string of the molecule is CC(C)(C)OC(=O)Oc1ccc(C2(C)C(=O)N(c3ccc(C#N)c(C(F)(F)F)c3)C(=O)N2C=O)cc1. The number of hydrogen-bond acceptors (Lipinski definition) is 7. The lowest BCUT2D eigenvalue weighted by Gasteiger charge is -2.27. The van der Waals surface area contributed by atoms with E-state index in [1.165, 1.54) is 37.3 Å². The fraction of sp³-hybridized carbons (Fsp3) is 0.292. The number of halogens is 3. The second-order valence-corrected chi connectivity index (χ2v) is 8.90. The molecule has 0 aromatic heterocycles. The summed E-state index contributed by atoms with van der Waals surface area (Å²) in [5, 5.41) is 9.00. The highest BCUT2D eigenvalue weighted by Gasteiger charge is 2.56. The molecule has 1 heterocycles. The Bertz CT molecular complexity index is 1280. The first kappa shape index (κ1) is 26.2. The molecule has 3 rings (SSSR count). The topological polar surface area (TPSA) is 117 Å². The minimum atomic E-state index is -4.93. The van der Waals surface area contributed by atoms with Crippen LogP contribution < -0.4 is 9.64 Å². The maximum absolute atomic E-state index is 13.4. The Hall–Kier alpha value is -4.40. The molecule has 9 nitrogen and oxygen atoms in total. The average Bonchev–Trinajstić information content (AvgIpc) is 2.97. The molecular weight excluding hydrogens is 483 g/mol. The van der Waals surface area contributed by atoms with Crippen LogP contribution in [0.2, 0.25) is 0 Å². The van der Waals surface area contributed by atoms with Crippen molar-refractivity contribution in [3.05, 3.63) is 59.2 Å². The summed E-state index contributed by atoms with van der Waals surface area (Å²) in [4.78, 5) is 51.0. The van der Waals surface area contributed by atoms with Crippen molar-refractivity contribution >= 4 is 30.2 Å². The molecule has 0 N–H and O–H groups in total. The van der Waals surface area contributed by atoms with Crippen molar-refractivity contribution < 1.29 is 41.8 Å². The lowest BCUT2D eigenvalue weighted by atomic mass is 9.90. The molecule has 0 aliphatic carbocycles. The van der Waals surface area contributed by atoms with E-state index in [-0.39, 0.29) is 17.7 Å². The summed E-state index contributed by atoms with van der Waals surface area (Å²) in [6.45, 7) is 6.18. The Morgan fingerprint density at radius 2 is 1.69 bits per heavy atom. The molecule has 1 aliphatic heterocycles. The number of carbonyl (C=O) groups excluding carboxylic acids is 4. The first-order valence-electron chi connectivity index (χ1n) is 10.4. The van der Waals surface area contributed by atoms with Gasteiger partial charge < -0.3 is 9.47 Å². The number of ether oxygens (including phenoxy) is 2. The number of alkyl halides is 3. The summed E-state index contributed by atoms with van der Waals surface area (Å²) < 4.78 is 50.4. The van der Waals surface area contributed by atoms with Gasteiger partial charge in [0, 0.05) is 0 Å². The number of imide groups is 2. The third kappa shape index (κ3) is 4.72. The molecule has 36 heavy (non-hydrogen) atoms. The normalized spacial score (nSPS) is 18.2. The van der Waals surface area contributed by atoms with Crippen molar-refractivity contribution in [2.45, 2.75) is 45.0 Å². The second kappa shape index (κ2) is 8.99. The zero-order valence-corrected chi connectivity index (χ0v) is 19.5. The van der Waals surface area contributed by atoms with Gasteiger partial charge in [0.15, 0.2) is 5.54 Å². The smallest absolute Gasteiger partial charge is 0.428 e. The highest BCUT2D eigenvalue weighted by Crippen LogP contribution is 2.41. The molecule has 2 aromatic carbocycles. The summed E-state index contributed by atoms with van der Waals surface area (Å²) >= 11 is 0. The summed E-state index contributed by atoms with van der Waals surface area (Å²) in [6.07, 6.45) is -5.81. The molecule has 4 amide bonds. The first-order valence-corrected chi connectivity index (χ1v) is 10.4. The van der Waals surface area contributed by atoms with Gasteiger partial charge in [0.25, 0.3) is 5.91 Å². The van der Waals surface area contributed by atoms with Crippen LogP contribution in [0.3, 0.4) is 0 Å². The van der Waals surface area contributed by atoms with Crippen molar-refractivity contribution in [3.63, 3.8) is 0 Å². The van der Waals surface area contributed by atoms with Gasteiger partial charge in [-0.1, -0.05) is 12.1 Å². The molecule has 1 aliphatic rings. The molecule has 2 aromatic rings. The van der Waals surface area contributed by atoms with Gasteiger partial charge in [-0.25, -0.2) is 19.4 Å². The number of anilines is 1. The molecule has 1 atom stereocenters. The summed E-state index contributed by atoms with van der Waals surface area (Å²) in [5.74, 6) is -0.956.